The second kappa shape index (κ2) is 6.21. The van der Waals surface area contributed by atoms with E-state index in [0.29, 0.717) is 5.25 Å². The van der Waals surface area contributed by atoms with E-state index in [4.69, 9.17) is 0 Å². The van der Waals surface area contributed by atoms with E-state index < -0.39 is 0 Å². The van der Waals surface area contributed by atoms with Crippen molar-refractivity contribution in [2.75, 3.05) is 6.54 Å². The number of nitriles is 1. The van der Waals surface area contributed by atoms with Crippen LogP contribution in [0.2, 0.25) is 0 Å². The average Bonchev–Trinajstić information content (AvgIpc) is 2.82. The SMILES string of the molecule is CCCNC1(C#N)CCC(Sc2ccncc2)C1. The summed E-state index contributed by atoms with van der Waals surface area (Å²) in [6.07, 6.45) is 7.74. The molecule has 0 aliphatic heterocycles. The van der Waals surface area contributed by atoms with E-state index in [-0.39, 0.29) is 5.54 Å². The molecule has 2 atom stereocenters. The molecule has 3 nitrogen and oxygen atoms in total. The van der Waals surface area contributed by atoms with Gasteiger partial charge in [-0.25, -0.2) is 0 Å². The fourth-order valence-corrected chi connectivity index (χ4v) is 3.64. The number of hydrogen-bond acceptors (Lipinski definition) is 4. The molecule has 2 unspecified atom stereocenters. The molecule has 4 heteroatoms. The first kappa shape index (κ1) is 13.4. The van der Waals surface area contributed by atoms with Crippen LogP contribution in [0, 0.1) is 11.3 Å². The Bertz CT molecular complexity index is 415. The van der Waals surface area contributed by atoms with Gasteiger partial charge in [-0.1, -0.05) is 6.92 Å². The molecule has 0 amide bonds. The zero-order valence-corrected chi connectivity index (χ0v) is 11.5. The lowest BCUT2D eigenvalue weighted by atomic mass is 10.00. The minimum absolute atomic E-state index is 0.291. The van der Waals surface area contributed by atoms with Gasteiger partial charge in [0.05, 0.1) is 6.07 Å². The molecule has 96 valence electrons. The van der Waals surface area contributed by atoms with Gasteiger partial charge in [-0.15, -0.1) is 11.8 Å². The van der Waals surface area contributed by atoms with E-state index in [1.54, 1.807) is 0 Å². The molecule has 1 N–H and O–H groups in total. The second-order valence-electron chi connectivity index (χ2n) is 4.79. The van der Waals surface area contributed by atoms with Gasteiger partial charge in [-0.05, 0) is 44.4 Å². The molecule has 0 spiro atoms. The van der Waals surface area contributed by atoms with Gasteiger partial charge in [0.15, 0.2) is 0 Å². The Hall–Kier alpha value is -1.05. The van der Waals surface area contributed by atoms with E-state index in [0.717, 1.165) is 32.2 Å². The Morgan fingerprint density at radius 2 is 2.33 bits per heavy atom. The van der Waals surface area contributed by atoms with E-state index in [2.05, 4.69) is 23.3 Å². The van der Waals surface area contributed by atoms with E-state index >= 15 is 0 Å². The van der Waals surface area contributed by atoms with Crippen molar-refractivity contribution in [3.63, 3.8) is 0 Å². The lowest BCUT2D eigenvalue weighted by molar-refractivity contribution is 0.424. The fraction of sp³-hybridized carbons (Fsp3) is 0.571. The number of nitrogens with one attached hydrogen (secondary N) is 1. The number of pyridine rings is 1. The maximum absolute atomic E-state index is 9.40. The summed E-state index contributed by atoms with van der Waals surface area (Å²) in [5, 5.41) is 13.4. The highest BCUT2D eigenvalue weighted by Crippen LogP contribution is 2.39. The van der Waals surface area contributed by atoms with Crippen molar-refractivity contribution in [2.24, 2.45) is 0 Å². The van der Waals surface area contributed by atoms with Crippen LogP contribution in [0.4, 0.5) is 0 Å². The Morgan fingerprint density at radius 3 is 3.00 bits per heavy atom. The third-order valence-electron chi connectivity index (χ3n) is 3.35. The highest BCUT2D eigenvalue weighted by Gasteiger charge is 2.39. The molecule has 1 aliphatic rings. The molecule has 0 saturated heterocycles. The molecule has 1 aliphatic carbocycles. The van der Waals surface area contributed by atoms with Crippen LogP contribution in [0.15, 0.2) is 29.4 Å². The van der Waals surface area contributed by atoms with Gasteiger partial charge in [0.1, 0.15) is 5.54 Å². The number of hydrogen-bond donors (Lipinski definition) is 1. The van der Waals surface area contributed by atoms with E-state index in [1.807, 2.05) is 36.3 Å². The smallest absolute Gasteiger partial charge is 0.107 e. The van der Waals surface area contributed by atoms with Crippen LogP contribution in [0.1, 0.15) is 32.6 Å². The second-order valence-corrected chi connectivity index (χ2v) is 6.16. The Labute approximate surface area is 113 Å². The summed E-state index contributed by atoms with van der Waals surface area (Å²) in [5.41, 5.74) is -0.291. The third kappa shape index (κ3) is 3.24. The first-order chi connectivity index (χ1) is 8.78. The molecule has 1 aromatic rings. The van der Waals surface area contributed by atoms with Crippen LogP contribution < -0.4 is 5.32 Å². The van der Waals surface area contributed by atoms with Gasteiger partial charge < -0.3 is 0 Å². The topological polar surface area (TPSA) is 48.7 Å². The molecule has 1 fully saturated rings. The number of rotatable bonds is 5. The lowest BCUT2D eigenvalue weighted by Gasteiger charge is -2.22. The summed E-state index contributed by atoms with van der Waals surface area (Å²) >= 11 is 1.87. The Balaban J connectivity index is 1.93. The number of aromatic nitrogens is 1. The summed E-state index contributed by atoms with van der Waals surface area (Å²) in [4.78, 5) is 5.28. The minimum Gasteiger partial charge on any atom is -0.299 e. The normalized spacial score (nSPS) is 27.0. The van der Waals surface area contributed by atoms with Crippen molar-refractivity contribution in [2.45, 2.75) is 48.3 Å². The van der Waals surface area contributed by atoms with Crippen LogP contribution in [0.5, 0.6) is 0 Å². The zero-order valence-electron chi connectivity index (χ0n) is 10.7. The first-order valence-electron chi connectivity index (χ1n) is 6.51. The maximum atomic E-state index is 9.40. The number of nitrogens with zero attached hydrogens (tertiary/aromatic N) is 2. The van der Waals surface area contributed by atoms with Crippen LogP contribution in [-0.2, 0) is 0 Å². The molecule has 0 radical (unpaired) electrons. The van der Waals surface area contributed by atoms with Crippen molar-refractivity contribution < 1.29 is 0 Å². The maximum Gasteiger partial charge on any atom is 0.107 e. The van der Waals surface area contributed by atoms with E-state index in [9.17, 15) is 5.26 Å². The predicted octanol–water partition coefficient (Wildman–Crippen LogP) is 2.99. The highest BCUT2D eigenvalue weighted by molar-refractivity contribution is 8.00. The van der Waals surface area contributed by atoms with Gasteiger partial charge in [0.2, 0.25) is 0 Å². The van der Waals surface area contributed by atoms with Crippen molar-refractivity contribution in [3.8, 4) is 6.07 Å². The summed E-state index contributed by atoms with van der Waals surface area (Å²) in [6.45, 7) is 3.07. The van der Waals surface area contributed by atoms with Crippen molar-refractivity contribution >= 4 is 11.8 Å². The predicted molar refractivity (Wildman–Crippen MR) is 74.4 cm³/mol. The standard InChI is InChI=1S/C14H19N3S/c1-2-7-17-14(11-15)6-3-13(10-14)18-12-4-8-16-9-5-12/h4-5,8-9,13,17H,2-3,6-7,10H2,1H3. The number of thioether (sulfide) groups is 1. The fourth-order valence-electron chi connectivity index (χ4n) is 2.38. The molecule has 2 rings (SSSR count). The quantitative estimate of drug-likeness (QED) is 0.885. The van der Waals surface area contributed by atoms with Crippen molar-refractivity contribution in [3.05, 3.63) is 24.5 Å². The third-order valence-corrected chi connectivity index (χ3v) is 4.63. The van der Waals surface area contributed by atoms with Gasteiger partial charge in [0.25, 0.3) is 0 Å². The largest absolute Gasteiger partial charge is 0.299 e. The van der Waals surface area contributed by atoms with Crippen LogP contribution in [-0.4, -0.2) is 22.3 Å². The molecule has 0 aromatic carbocycles. The monoisotopic (exact) mass is 261 g/mol. The first-order valence-corrected chi connectivity index (χ1v) is 7.39. The van der Waals surface area contributed by atoms with Crippen molar-refractivity contribution in [1.82, 2.24) is 10.3 Å². The molecule has 0 bridgehead atoms. The molecular weight excluding hydrogens is 242 g/mol. The van der Waals surface area contributed by atoms with Gasteiger partial charge in [-0.3, -0.25) is 10.3 Å². The average molecular weight is 261 g/mol. The van der Waals surface area contributed by atoms with E-state index in [1.165, 1.54) is 4.90 Å². The van der Waals surface area contributed by atoms with Crippen molar-refractivity contribution in [1.29, 1.82) is 5.26 Å². The summed E-state index contributed by atoms with van der Waals surface area (Å²) < 4.78 is 0. The zero-order chi connectivity index (χ0) is 12.8. The van der Waals surface area contributed by atoms with Crippen LogP contribution >= 0.6 is 11.8 Å². The minimum atomic E-state index is -0.291. The van der Waals surface area contributed by atoms with Crippen LogP contribution in [0.3, 0.4) is 0 Å². The van der Waals surface area contributed by atoms with Gasteiger partial charge in [-0.2, -0.15) is 5.26 Å². The molecule has 1 aromatic heterocycles. The van der Waals surface area contributed by atoms with Crippen LogP contribution in [0.25, 0.3) is 0 Å². The summed E-state index contributed by atoms with van der Waals surface area (Å²) in [6, 6.07) is 6.57. The van der Waals surface area contributed by atoms with Gasteiger partial charge >= 0.3 is 0 Å². The van der Waals surface area contributed by atoms with Gasteiger partial charge in [0, 0.05) is 22.5 Å². The Morgan fingerprint density at radius 1 is 1.56 bits per heavy atom. The summed E-state index contributed by atoms with van der Waals surface area (Å²) in [7, 11) is 0. The molecule has 18 heavy (non-hydrogen) atoms. The summed E-state index contributed by atoms with van der Waals surface area (Å²) in [5.74, 6) is 0. The Kier molecular flexibility index (Phi) is 4.62. The molecule has 1 saturated carbocycles. The lowest BCUT2D eigenvalue weighted by Crippen LogP contribution is -2.42. The molecular formula is C14H19N3S. The highest BCUT2D eigenvalue weighted by atomic mass is 32.2. The molecule has 1 heterocycles.